The topological polar surface area (TPSA) is 185 Å². The molecule has 1 aromatic rings. The average molecular weight is 366 g/mol. The summed E-state index contributed by atoms with van der Waals surface area (Å²) in [6.07, 6.45) is -0.377. The highest BCUT2D eigenvalue weighted by Crippen LogP contribution is 2.11. The van der Waals surface area contributed by atoms with E-state index < -0.39 is 48.2 Å². The zero-order chi connectivity index (χ0) is 19.9. The van der Waals surface area contributed by atoms with Crippen molar-refractivity contribution >= 4 is 23.7 Å². The van der Waals surface area contributed by atoms with E-state index in [2.05, 4.69) is 10.6 Å². The second-order valence-electron chi connectivity index (χ2n) is 5.78. The van der Waals surface area contributed by atoms with E-state index in [1.165, 1.54) is 19.1 Å². The van der Waals surface area contributed by atoms with Gasteiger partial charge in [0.15, 0.2) is 0 Å². The maximum atomic E-state index is 12.3. The van der Waals surface area contributed by atoms with Crippen molar-refractivity contribution in [1.29, 1.82) is 0 Å². The Bertz CT molecular complexity index is 676. The maximum absolute atomic E-state index is 12.3. The fourth-order valence-electron chi connectivity index (χ4n) is 2.04. The van der Waals surface area contributed by atoms with Gasteiger partial charge in [-0.1, -0.05) is 12.1 Å². The summed E-state index contributed by atoms with van der Waals surface area (Å²) in [5.74, 6) is -3.48. The van der Waals surface area contributed by atoms with Crippen LogP contribution in [0.3, 0.4) is 0 Å². The zero-order valence-corrected chi connectivity index (χ0v) is 14.1. The average Bonchev–Trinajstić information content (AvgIpc) is 2.55. The molecule has 0 radical (unpaired) electrons. The molecule has 0 heterocycles. The molecule has 3 amide bonds. The molecule has 3 atom stereocenters. The molecule has 0 bridgehead atoms. The van der Waals surface area contributed by atoms with Crippen LogP contribution in [0, 0.1) is 0 Å². The van der Waals surface area contributed by atoms with Gasteiger partial charge in [0.05, 0.1) is 12.5 Å². The van der Waals surface area contributed by atoms with Gasteiger partial charge in [-0.3, -0.25) is 19.2 Å². The second-order valence-corrected chi connectivity index (χ2v) is 5.78. The number of carbonyl (C=O) groups is 4. The number of phenols is 1. The summed E-state index contributed by atoms with van der Waals surface area (Å²) in [6.45, 7) is 1.28. The van der Waals surface area contributed by atoms with Crippen molar-refractivity contribution in [3.63, 3.8) is 0 Å². The number of rotatable bonds is 9. The lowest BCUT2D eigenvalue weighted by molar-refractivity contribution is -0.141. The first kappa shape index (κ1) is 20.9. The molecule has 0 aromatic heterocycles. The Balaban J connectivity index is 2.91. The molecule has 0 spiro atoms. The Morgan fingerprint density at radius 2 is 1.65 bits per heavy atom. The Morgan fingerprint density at radius 3 is 2.15 bits per heavy atom. The molecule has 0 aliphatic rings. The molecule has 0 fully saturated rings. The summed E-state index contributed by atoms with van der Waals surface area (Å²) in [4.78, 5) is 46.2. The van der Waals surface area contributed by atoms with Gasteiger partial charge in [0.25, 0.3) is 0 Å². The minimum atomic E-state index is -1.24. The summed E-state index contributed by atoms with van der Waals surface area (Å²) in [5.41, 5.74) is 11.2. The number of nitrogens with one attached hydrogen (secondary N) is 2. The highest BCUT2D eigenvalue weighted by atomic mass is 16.4. The van der Waals surface area contributed by atoms with Crippen LogP contribution < -0.4 is 22.1 Å². The van der Waals surface area contributed by atoms with Gasteiger partial charge in [-0.15, -0.1) is 0 Å². The fourth-order valence-corrected chi connectivity index (χ4v) is 2.04. The SMILES string of the molecule is C[C@H](NC(=O)[C@H](Cc1ccc(O)cc1)NC(=O)[C@@H](N)CC(N)=O)C(=O)O. The summed E-state index contributed by atoms with van der Waals surface area (Å²) >= 11 is 0. The van der Waals surface area contributed by atoms with Gasteiger partial charge in [-0.05, 0) is 24.6 Å². The summed E-state index contributed by atoms with van der Waals surface area (Å²) in [5, 5.41) is 22.9. The third kappa shape index (κ3) is 6.77. The third-order valence-corrected chi connectivity index (χ3v) is 3.50. The smallest absolute Gasteiger partial charge is 0.325 e. The van der Waals surface area contributed by atoms with Crippen molar-refractivity contribution in [3.05, 3.63) is 29.8 Å². The van der Waals surface area contributed by atoms with E-state index in [1.54, 1.807) is 12.1 Å². The van der Waals surface area contributed by atoms with Gasteiger partial charge in [0.1, 0.15) is 17.8 Å². The van der Waals surface area contributed by atoms with Crippen molar-refractivity contribution in [2.45, 2.75) is 37.9 Å². The molecule has 8 N–H and O–H groups in total. The molecule has 0 aliphatic heterocycles. The molecule has 142 valence electrons. The van der Waals surface area contributed by atoms with Crippen LogP contribution in [0.25, 0.3) is 0 Å². The molecule has 0 unspecified atom stereocenters. The molecule has 0 aliphatic carbocycles. The lowest BCUT2D eigenvalue weighted by atomic mass is 10.0. The van der Waals surface area contributed by atoms with Crippen molar-refractivity contribution in [2.24, 2.45) is 11.5 Å². The maximum Gasteiger partial charge on any atom is 0.325 e. The van der Waals surface area contributed by atoms with Gasteiger partial charge in [-0.2, -0.15) is 0 Å². The first-order valence-electron chi connectivity index (χ1n) is 7.75. The molecular weight excluding hydrogens is 344 g/mol. The van der Waals surface area contributed by atoms with Crippen LogP contribution in [0.15, 0.2) is 24.3 Å². The number of primary amides is 1. The highest BCUT2D eigenvalue weighted by Gasteiger charge is 2.27. The van der Waals surface area contributed by atoms with Gasteiger partial charge in [0, 0.05) is 6.42 Å². The largest absolute Gasteiger partial charge is 0.508 e. The molecule has 0 saturated heterocycles. The van der Waals surface area contributed by atoms with E-state index in [1.807, 2.05) is 0 Å². The Morgan fingerprint density at radius 1 is 1.08 bits per heavy atom. The number of carbonyl (C=O) groups excluding carboxylic acids is 3. The van der Waals surface area contributed by atoms with Crippen molar-refractivity contribution < 1.29 is 29.4 Å². The molecule has 1 aromatic carbocycles. The van der Waals surface area contributed by atoms with Gasteiger partial charge >= 0.3 is 5.97 Å². The van der Waals surface area contributed by atoms with Crippen LogP contribution in [0.2, 0.25) is 0 Å². The Hall–Kier alpha value is -3.14. The van der Waals surface area contributed by atoms with E-state index in [-0.39, 0.29) is 12.2 Å². The Labute approximate surface area is 149 Å². The molecule has 1 rings (SSSR count). The number of nitrogens with two attached hydrogens (primary N) is 2. The van der Waals surface area contributed by atoms with Crippen LogP contribution in [0.4, 0.5) is 0 Å². The van der Waals surface area contributed by atoms with Crippen molar-refractivity contribution in [1.82, 2.24) is 10.6 Å². The van der Waals surface area contributed by atoms with Crippen LogP contribution in [-0.2, 0) is 25.6 Å². The quantitative estimate of drug-likeness (QED) is 0.298. The first-order chi connectivity index (χ1) is 12.1. The van der Waals surface area contributed by atoms with E-state index in [9.17, 15) is 24.3 Å². The van der Waals surface area contributed by atoms with Gasteiger partial charge < -0.3 is 32.3 Å². The lowest BCUT2D eigenvalue weighted by Gasteiger charge is -2.21. The van der Waals surface area contributed by atoms with Crippen LogP contribution in [0.5, 0.6) is 5.75 Å². The van der Waals surface area contributed by atoms with Gasteiger partial charge in [0.2, 0.25) is 17.7 Å². The molecule has 26 heavy (non-hydrogen) atoms. The van der Waals surface area contributed by atoms with E-state index in [0.717, 1.165) is 0 Å². The first-order valence-corrected chi connectivity index (χ1v) is 7.75. The number of phenolic OH excluding ortho intramolecular Hbond substituents is 1. The van der Waals surface area contributed by atoms with Crippen molar-refractivity contribution in [2.75, 3.05) is 0 Å². The second kappa shape index (κ2) is 9.37. The number of carboxylic acids is 1. The summed E-state index contributed by atoms with van der Waals surface area (Å²) in [6, 6.07) is 2.38. The fraction of sp³-hybridized carbons (Fsp3) is 0.375. The van der Waals surface area contributed by atoms with Crippen molar-refractivity contribution in [3.8, 4) is 5.75 Å². The zero-order valence-electron chi connectivity index (χ0n) is 14.1. The van der Waals surface area contributed by atoms with Crippen LogP contribution >= 0.6 is 0 Å². The predicted molar refractivity (Wildman–Crippen MR) is 90.8 cm³/mol. The summed E-state index contributed by atoms with van der Waals surface area (Å²) < 4.78 is 0. The molecule has 10 heteroatoms. The predicted octanol–water partition coefficient (Wildman–Crippen LogP) is -1.79. The molecular formula is C16H22N4O6. The number of amides is 3. The lowest BCUT2D eigenvalue weighted by Crippen LogP contribution is -2.55. The van der Waals surface area contributed by atoms with Gasteiger partial charge in [-0.25, -0.2) is 0 Å². The van der Waals surface area contributed by atoms with Crippen LogP contribution in [-0.4, -0.2) is 52.0 Å². The standard InChI is InChI=1S/C16H22N4O6/c1-8(16(25)26)19-15(24)12(6-9-2-4-10(21)5-3-9)20-14(23)11(17)7-13(18)22/h2-5,8,11-12,21H,6-7,17H2,1H3,(H2,18,22)(H,19,24)(H,20,23)(H,25,26)/t8-,11-,12-/m0/s1. The van der Waals surface area contributed by atoms with Crippen LogP contribution in [0.1, 0.15) is 18.9 Å². The number of benzene rings is 1. The molecule has 0 saturated carbocycles. The number of hydrogen-bond donors (Lipinski definition) is 6. The highest BCUT2D eigenvalue weighted by molar-refractivity contribution is 5.93. The minimum absolute atomic E-state index is 0.0213. The Kier molecular flexibility index (Phi) is 7.53. The number of carboxylic acid groups (broad SMARTS) is 1. The number of aromatic hydroxyl groups is 1. The molecule has 10 nitrogen and oxygen atoms in total. The third-order valence-electron chi connectivity index (χ3n) is 3.50. The van der Waals surface area contributed by atoms with E-state index in [0.29, 0.717) is 5.56 Å². The normalized spacial score (nSPS) is 13.9. The summed E-state index contributed by atoms with van der Waals surface area (Å²) in [7, 11) is 0. The van der Waals surface area contributed by atoms with E-state index >= 15 is 0 Å². The monoisotopic (exact) mass is 366 g/mol. The van der Waals surface area contributed by atoms with E-state index in [4.69, 9.17) is 16.6 Å². The number of hydrogen-bond acceptors (Lipinski definition) is 6. The minimum Gasteiger partial charge on any atom is -0.508 e. The number of aliphatic carboxylic acids is 1.